The van der Waals surface area contributed by atoms with Crippen LogP contribution in [0.1, 0.15) is 47.4 Å². The van der Waals surface area contributed by atoms with Gasteiger partial charge in [-0.3, -0.25) is 0 Å². The predicted octanol–water partition coefficient (Wildman–Crippen LogP) is 13.8. The van der Waals surface area contributed by atoms with Crippen molar-refractivity contribution in [1.82, 2.24) is 24.9 Å². The van der Waals surface area contributed by atoms with E-state index < -0.39 is 5.41 Å². The minimum atomic E-state index is -0.839. The molecule has 306 valence electrons. The van der Waals surface area contributed by atoms with Gasteiger partial charge in [0.1, 0.15) is 11.5 Å². The number of benzene rings is 8. The van der Waals surface area contributed by atoms with E-state index >= 15 is 0 Å². The first-order valence-corrected chi connectivity index (χ1v) is 22.1. The molecule has 6 heteroatoms. The summed E-state index contributed by atoms with van der Waals surface area (Å²) < 4.78 is 6.82. The average molecular weight is 834 g/mol. The molecule has 0 saturated carbocycles. The third-order valence-corrected chi connectivity index (χ3v) is 13.6. The molecule has 0 N–H and O–H groups in total. The second-order valence-corrected chi connectivity index (χ2v) is 17.5. The van der Waals surface area contributed by atoms with Crippen molar-refractivity contribution in [3.05, 3.63) is 234 Å². The Balaban J connectivity index is 1.11. The normalized spacial score (nSPS) is 14.1. The fourth-order valence-corrected chi connectivity index (χ4v) is 10.7. The Morgan fingerprint density at radius 3 is 1.49 bits per heavy atom. The quantitative estimate of drug-likeness (QED) is 0.172. The van der Waals surface area contributed by atoms with Crippen molar-refractivity contribution in [1.29, 1.82) is 0 Å². The fraction of sp³-hybridized carbons (Fsp3) is 0.0678. The van der Waals surface area contributed by atoms with Crippen molar-refractivity contribution in [3.63, 3.8) is 0 Å². The highest BCUT2D eigenvalue weighted by Crippen LogP contribution is 2.64. The zero-order valence-corrected chi connectivity index (χ0v) is 35.7. The first kappa shape index (κ1) is 37.2. The van der Waals surface area contributed by atoms with Crippen molar-refractivity contribution < 1.29 is 4.74 Å². The molecule has 0 unspecified atom stereocenters. The lowest BCUT2D eigenvalue weighted by molar-refractivity contribution is 0.436. The Hall–Kier alpha value is -8.35. The first-order valence-electron chi connectivity index (χ1n) is 22.1. The number of rotatable bonds is 5. The van der Waals surface area contributed by atoms with Gasteiger partial charge in [-0.05, 0) is 51.6 Å². The Morgan fingerprint density at radius 2 is 0.862 bits per heavy atom. The lowest BCUT2D eigenvalue weighted by atomic mass is 9.65. The molecular weight excluding hydrogens is 795 g/mol. The smallest absolute Gasteiger partial charge is 0.164 e. The maximum absolute atomic E-state index is 6.82. The van der Waals surface area contributed by atoms with Gasteiger partial charge < -0.3 is 4.74 Å². The molecule has 1 aliphatic heterocycles. The van der Waals surface area contributed by atoms with Crippen LogP contribution in [0.4, 0.5) is 0 Å². The van der Waals surface area contributed by atoms with Gasteiger partial charge in [0.2, 0.25) is 0 Å². The van der Waals surface area contributed by atoms with Gasteiger partial charge in [-0.2, -0.15) is 0 Å². The van der Waals surface area contributed by atoms with E-state index in [4.69, 9.17) is 29.7 Å². The van der Waals surface area contributed by atoms with E-state index in [1.165, 1.54) is 11.1 Å². The van der Waals surface area contributed by atoms with E-state index in [1.54, 1.807) is 0 Å². The van der Waals surface area contributed by atoms with Gasteiger partial charge >= 0.3 is 0 Å². The number of ether oxygens (including phenoxy) is 1. The molecule has 10 aromatic rings. The van der Waals surface area contributed by atoms with Crippen LogP contribution in [0, 0.1) is 0 Å². The maximum atomic E-state index is 6.82. The van der Waals surface area contributed by atoms with Crippen LogP contribution in [-0.4, -0.2) is 24.9 Å². The van der Waals surface area contributed by atoms with E-state index in [9.17, 15) is 0 Å². The molecule has 0 amide bonds. The predicted molar refractivity (Wildman–Crippen MR) is 258 cm³/mol. The average Bonchev–Trinajstić information content (AvgIpc) is 3.79. The van der Waals surface area contributed by atoms with E-state index in [0.717, 1.165) is 89.6 Å². The number of fused-ring (bicyclic) bond motifs is 12. The Kier molecular flexibility index (Phi) is 8.06. The van der Waals surface area contributed by atoms with Gasteiger partial charge in [-0.25, -0.2) is 24.9 Å². The van der Waals surface area contributed by atoms with Crippen LogP contribution < -0.4 is 4.74 Å². The molecule has 6 nitrogen and oxygen atoms in total. The molecule has 3 aliphatic rings. The first-order chi connectivity index (χ1) is 32.0. The fourth-order valence-electron chi connectivity index (χ4n) is 10.7. The molecule has 0 fully saturated rings. The van der Waals surface area contributed by atoms with Gasteiger partial charge in [0.05, 0.1) is 16.8 Å². The second-order valence-electron chi connectivity index (χ2n) is 17.5. The third kappa shape index (κ3) is 5.44. The molecule has 0 bridgehead atoms. The summed E-state index contributed by atoms with van der Waals surface area (Å²) in [6.07, 6.45) is 0. The monoisotopic (exact) mass is 833 g/mol. The van der Waals surface area contributed by atoms with Crippen LogP contribution >= 0.6 is 0 Å². The van der Waals surface area contributed by atoms with Gasteiger partial charge in [-0.15, -0.1) is 0 Å². The van der Waals surface area contributed by atoms with E-state index in [0.29, 0.717) is 23.3 Å². The summed E-state index contributed by atoms with van der Waals surface area (Å²) >= 11 is 0. The SMILES string of the molecule is CC1(C)c2ccccc2-c2c(-c3ccccc3)nc(-c3cccc4c3C3(c5ccccc5Oc5ccccc53)c3cc(-c5nc(-c6ccccc6)nc(-c6ccccc6)n5)ccc3-4)nc21. The topological polar surface area (TPSA) is 73.7 Å². The molecule has 0 radical (unpaired) electrons. The largest absolute Gasteiger partial charge is 0.457 e. The minimum Gasteiger partial charge on any atom is -0.457 e. The van der Waals surface area contributed by atoms with Crippen molar-refractivity contribution in [2.24, 2.45) is 0 Å². The van der Waals surface area contributed by atoms with Crippen molar-refractivity contribution >= 4 is 0 Å². The lowest BCUT2D eigenvalue weighted by Crippen LogP contribution is -2.33. The van der Waals surface area contributed by atoms with E-state index in [-0.39, 0.29) is 5.41 Å². The van der Waals surface area contributed by atoms with Crippen LogP contribution in [0.15, 0.2) is 200 Å². The molecule has 8 aromatic carbocycles. The molecule has 65 heavy (non-hydrogen) atoms. The van der Waals surface area contributed by atoms with Crippen LogP contribution in [0.25, 0.3) is 79.1 Å². The summed E-state index contributed by atoms with van der Waals surface area (Å²) in [6.45, 7) is 4.58. The molecule has 2 aromatic heterocycles. The highest BCUT2D eigenvalue weighted by atomic mass is 16.5. The van der Waals surface area contributed by atoms with Gasteiger partial charge in [0, 0.05) is 49.9 Å². The van der Waals surface area contributed by atoms with Crippen LogP contribution in [0.3, 0.4) is 0 Å². The van der Waals surface area contributed by atoms with Crippen molar-refractivity contribution in [2.75, 3.05) is 0 Å². The summed E-state index contributed by atoms with van der Waals surface area (Å²) in [5, 5.41) is 0. The summed E-state index contributed by atoms with van der Waals surface area (Å²) in [5.41, 5.74) is 15.6. The number of hydrogen-bond acceptors (Lipinski definition) is 6. The molecule has 1 spiro atoms. The zero-order valence-electron chi connectivity index (χ0n) is 35.7. The van der Waals surface area contributed by atoms with Crippen LogP contribution in [-0.2, 0) is 10.8 Å². The molecule has 0 atom stereocenters. The number of aromatic nitrogens is 5. The van der Waals surface area contributed by atoms with E-state index in [1.807, 2.05) is 60.7 Å². The summed E-state index contributed by atoms with van der Waals surface area (Å²) in [4.78, 5) is 26.7. The summed E-state index contributed by atoms with van der Waals surface area (Å²) in [7, 11) is 0. The van der Waals surface area contributed by atoms with Crippen LogP contribution in [0.2, 0.25) is 0 Å². The third-order valence-electron chi connectivity index (χ3n) is 13.6. The van der Waals surface area contributed by atoms with Crippen molar-refractivity contribution in [2.45, 2.75) is 24.7 Å². The summed E-state index contributed by atoms with van der Waals surface area (Å²) in [5.74, 6) is 4.12. The molecule has 3 heterocycles. The van der Waals surface area contributed by atoms with Gasteiger partial charge in [0.15, 0.2) is 23.3 Å². The highest BCUT2D eigenvalue weighted by Gasteiger charge is 2.53. The lowest BCUT2D eigenvalue weighted by Gasteiger charge is -2.40. The number of para-hydroxylation sites is 2. The highest BCUT2D eigenvalue weighted by molar-refractivity contribution is 5.96. The number of nitrogens with zero attached hydrogens (tertiary/aromatic N) is 5. The van der Waals surface area contributed by atoms with Crippen molar-refractivity contribution in [3.8, 4) is 90.6 Å². The molecule has 13 rings (SSSR count). The van der Waals surface area contributed by atoms with E-state index in [2.05, 4.69) is 153 Å². The Morgan fingerprint density at radius 1 is 0.354 bits per heavy atom. The summed E-state index contributed by atoms with van der Waals surface area (Å²) in [6, 6.07) is 69.8. The number of hydrogen-bond donors (Lipinski definition) is 0. The van der Waals surface area contributed by atoms with Gasteiger partial charge in [-0.1, -0.05) is 196 Å². The minimum absolute atomic E-state index is 0.361. The van der Waals surface area contributed by atoms with Gasteiger partial charge in [0.25, 0.3) is 0 Å². The molecule has 2 aliphatic carbocycles. The molecular formula is C59H39N5O. The second kappa shape index (κ2) is 14.1. The van der Waals surface area contributed by atoms with Crippen LogP contribution in [0.5, 0.6) is 11.5 Å². The molecule has 0 saturated heterocycles. The Labute approximate surface area is 377 Å². The zero-order chi connectivity index (χ0) is 43.3. The standard InChI is InChI=1S/C59H39N5O/c1-58(2)44-28-13-12-25-42(44)50-52(36-19-6-3-7-20-36)60-57(61-53(50)58)43-27-18-26-41-40-34-33-39(56-63-54(37-21-8-4-9-22-37)62-55(64-56)38-23-10-5-11-24-38)35-47(40)59(51(41)43)45-29-14-16-31-48(45)65-49-32-17-15-30-46(49)59/h3-35H,1-2H3. The Bertz CT molecular complexity index is 3450. The maximum Gasteiger partial charge on any atom is 0.164 e.